The number of carbonyl (C=O) groups is 1. The van der Waals surface area contributed by atoms with Crippen LogP contribution in [0.25, 0.3) is 5.69 Å². The first-order valence-corrected chi connectivity index (χ1v) is 13.7. The van der Waals surface area contributed by atoms with E-state index in [9.17, 15) is 23.3 Å². The quantitative estimate of drug-likeness (QED) is 0.204. The van der Waals surface area contributed by atoms with Gasteiger partial charge in [-0.05, 0) is 55.8 Å². The number of para-hydroxylation sites is 3. The monoisotopic (exact) mass is 573 g/mol. The van der Waals surface area contributed by atoms with Crippen LogP contribution in [0.5, 0.6) is 5.75 Å². The fourth-order valence-electron chi connectivity index (χ4n) is 4.02. The number of nitrogens with one attached hydrogen (secondary N) is 3. The van der Waals surface area contributed by atoms with E-state index in [1.54, 1.807) is 92.3 Å². The summed E-state index contributed by atoms with van der Waals surface area (Å²) in [6.45, 7) is 3.29. The van der Waals surface area contributed by atoms with Gasteiger partial charge in [-0.15, -0.1) is 0 Å². The summed E-state index contributed by atoms with van der Waals surface area (Å²) in [7, 11) is -0.932. The second-order valence-electron chi connectivity index (χ2n) is 8.86. The van der Waals surface area contributed by atoms with Gasteiger partial charge in [-0.25, -0.2) is 13.1 Å². The fourth-order valence-corrected chi connectivity index (χ4v) is 5.36. The van der Waals surface area contributed by atoms with Gasteiger partial charge in [0.2, 0.25) is 5.71 Å². The number of methoxy groups -OCH3 is 1. The number of nitriles is 1. The number of anilines is 3. The number of hydrogen-bond acceptors (Lipinski definition) is 8. The molecule has 0 spiro atoms. The molecule has 0 aliphatic rings. The molecule has 3 N–H and O–H groups in total. The summed E-state index contributed by atoms with van der Waals surface area (Å²) in [6.07, 6.45) is 0. The highest BCUT2D eigenvalue weighted by molar-refractivity contribution is 7.92. The molecule has 0 saturated carbocycles. The van der Waals surface area contributed by atoms with E-state index >= 15 is 0 Å². The van der Waals surface area contributed by atoms with Crippen LogP contribution in [0.4, 0.5) is 17.1 Å². The molecule has 0 aliphatic heterocycles. The molecule has 1 heterocycles. The third-order valence-corrected chi connectivity index (χ3v) is 7.75. The molecular weight excluding hydrogens is 546 g/mol. The van der Waals surface area contributed by atoms with Crippen LogP contribution in [0.2, 0.25) is 0 Å². The number of hydrogen-bond donors (Lipinski definition) is 3. The first kappa shape index (κ1) is 28.7. The lowest BCUT2D eigenvalue weighted by molar-refractivity contribution is -0.110. The number of benzene rings is 3. The Balaban J connectivity index is 1.57. The van der Waals surface area contributed by atoms with Gasteiger partial charge < -0.3 is 10.1 Å². The lowest BCUT2D eigenvalue weighted by Crippen LogP contribution is -2.27. The molecule has 4 aromatic rings. The Morgan fingerprint density at radius 3 is 2.39 bits per heavy atom. The molecule has 0 fully saturated rings. The van der Waals surface area contributed by atoms with Crippen LogP contribution in [-0.4, -0.2) is 36.5 Å². The average Bonchev–Trinajstić information content (AvgIpc) is 3.17. The van der Waals surface area contributed by atoms with E-state index in [0.29, 0.717) is 22.7 Å². The van der Waals surface area contributed by atoms with Gasteiger partial charge in [0.1, 0.15) is 17.5 Å². The van der Waals surface area contributed by atoms with Gasteiger partial charge in [0.25, 0.3) is 21.5 Å². The van der Waals surface area contributed by atoms with Crippen molar-refractivity contribution >= 4 is 38.7 Å². The predicted molar refractivity (Wildman–Crippen MR) is 156 cm³/mol. The maximum Gasteiger partial charge on any atom is 0.295 e. The van der Waals surface area contributed by atoms with Crippen molar-refractivity contribution in [2.45, 2.75) is 18.7 Å². The van der Waals surface area contributed by atoms with Gasteiger partial charge in [0.05, 0.1) is 34.8 Å². The number of aryl methyl sites for hydroxylation is 1. The van der Waals surface area contributed by atoms with E-state index in [1.165, 1.54) is 17.9 Å². The molecule has 13 heteroatoms. The third-order valence-electron chi connectivity index (χ3n) is 6.24. The second-order valence-corrected chi connectivity index (χ2v) is 10.5. The Labute approximate surface area is 236 Å². The van der Waals surface area contributed by atoms with E-state index in [4.69, 9.17) is 4.74 Å². The second kappa shape index (κ2) is 11.8. The highest BCUT2D eigenvalue weighted by atomic mass is 32.2. The molecule has 3 aromatic carbocycles. The Morgan fingerprint density at radius 1 is 1.02 bits per heavy atom. The van der Waals surface area contributed by atoms with Gasteiger partial charge in [0, 0.05) is 7.05 Å². The maximum absolute atomic E-state index is 13.2. The first-order chi connectivity index (χ1) is 19.6. The minimum absolute atomic E-state index is 0.00423. The number of aromatic nitrogens is 2. The van der Waals surface area contributed by atoms with Crippen LogP contribution < -0.4 is 25.8 Å². The molecule has 1 aromatic heterocycles. The van der Waals surface area contributed by atoms with Crippen molar-refractivity contribution in [3.63, 3.8) is 0 Å². The summed E-state index contributed by atoms with van der Waals surface area (Å²) in [6, 6.07) is 21.6. The lowest BCUT2D eigenvalue weighted by atomic mass is 10.2. The van der Waals surface area contributed by atoms with Crippen molar-refractivity contribution in [2.24, 2.45) is 12.1 Å². The number of sulfonamides is 1. The van der Waals surface area contributed by atoms with Gasteiger partial charge in [0.15, 0.2) is 0 Å². The molecule has 1 amide bonds. The van der Waals surface area contributed by atoms with E-state index < -0.39 is 27.2 Å². The average molecular weight is 574 g/mol. The third kappa shape index (κ3) is 5.97. The zero-order valence-electron chi connectivity index (χ0n) is 22.7. The normalized spacial score (nSPS) is 11.4. The number of amides is 1. The summed E-state index contributed by atoms with van der Waals surface area (Å²) in [5.74, 6) is -0.565. The number of hydrazone groups is 1. The minimum atomic E-state index is -4.04. The molecule has 210 valence electrons. The number of carbonyl (C=O) groups excluding carboxylic acids is 1. The molecule has 0 atom stereocenters. The molecule has 41 heavy (non-hydrogen) atoms. The van der Waals surface area contributed by atoms with Gasteiger partial charge in [-0.3, -0.25) is 24.4 Å². The molecule has 0 saturated heterocycles. The van der Waals surface area contributed by atoms with Crippen LogP contribution in [0.1, 0.15) is 11.3 Å². The van der Waals surface area contributed by atoms with Crippen molar-refractivity contribution in [1.29, 1.82) is 5.26 Å². The van der Waals surface area contributed by atoms with Crippen LogP contribution in [0.15, 0.2) is 87.6 Å². The van der Waals surface area contributed by atoms with Gasteiger partial charge in [-0.1, -0.05) is 36.4 Å². The molecule has 0 unspecified atom stereocenters. The largest absolute Gasteiger partial charge is 0.495 e. The van der Waals surface area contributed by atoms with Gasteiger partial charge in [-0.2, -0.15) is 10.4 Å². The molecule has 0 aliphatic carbocycles. The van der Waals surface area contributed by atoms with E-state index in [-0.39, 0.29) is 22.0 Å². The highest BCUT2D eigenvalue weighted by Crippen LogP contribution is 2.28. The van der Waals surface area contributed by atoms with Crippen molar-refractivity contribution < 1.29 is 17.9 Å². The number of ether oxygens (including phenoxy) is 1. The summed E-state index contributed by atoms with van der Waals surface area (Å²) >= 11 is 0. The summed E-state index contributed by atoms with van der Waals surface area (Å²) < 4.78 is 37.0. The Bertz CT molecular complexity index is 1850. The SMILES string of the molecule is COc1ccccc1NS(=O)(=O)c1cc(N/N=C(\C#N)C(=O)Nc2c(C)n(C)n(-c3ccccc3)c2=O)ccc1C. The maximum atomic E-state index is 13.2. The van der Waals surface area contributed by atoms with Crippen LogP contribution in [0, 0.1) is 25.2 Å². The smallest absolute Gasteiger partial charge is 0.295 e. The fraction of sp³-hybridized carbons (Fsp3) is 0.143. The van der Waals surface area contributed by atoms with Gasteiger partial charge >= 0.3 is 0 Å². The van der Waals surface area contributed by atoms with E-state index in [1.807, 2.05) is 6.07 Å². The molecule has 12 nitrogen and oxygen atoms in total. The minimum Gasteiger partial charge on any atom is -0.495 e. The zero-order chi connectivity index (χ0) is 29.7. The lowest BCUT2D eigenvalue weighted by Gasteiger charge is -2.14. The van der Waals surface area contributed by atoms with E-state index in [0.717, 1.165) is 0 Å². The topological polar surface area (TPSA) is 160 Å². The van der Waals surface area contributed by atoms with E-state index in [2.05, 4.69) is 20.6 Å². The van der Waals surface area contributed by atoms with Crippen LogP contribution >= 0.6 is 0 Å². The summed E-state index contributed by atoms with van der Waals surface area (Å²) in [5, 5.41) is 15.9. The Hall–Kier alpha value is -5.35. The first-order valence-electron chi connectivity index (χ1n) is 12.2. The molecular formula is C28H27N7O5S. The van der Waals surface area contributed by atoms with Crippen molar-refractivity contribution in [3.8, 4) is 17.5 Å². The number of nitrogens with zero attached hydrogens (tertiary/aromatic N) is 4. The number of rotatable bonds is 9. The molecule has 4 rings (SSSR count). The molecule has 0 bridgehead atoms. The van der Waals surface area contributed by atoms with Crippen LogP contribution in [-0.2, 0) is 21.9 Å². The summed E-state index contributed by atoms with van der Waals surface area (Å²) in [4.78, 5) is 25.9. The van der Waals surface area contributed by atoms with Crippen molar-refractivity contribution in [3.05, 3.63) is 94.4 Å². The summed E-state index contributed by atoms with van der Waals surface area (Å²) in [5.41, 5.74) is 3.49. The highest BCUT2D eigenvalue weighted by Gasteiger charge is 2.22. The van der Waals surface area contributed by atoms with Crippen molar-refractivity contribution in [2.75, 3.05) is 22.6 Å². The van der Waals surface area contributed by atoms with Crippen LogP contribution in [0.3, 0.4) is 0 Å². The zero-order valence-corrected chi connectivity index (χ0v) is 23.5. The van der Waals surface area contributed by atoms with Crippen molar-refractivity contribution in [1.82, 2.24) is 9.36 Å². The predicted octanol–water partition coefficient (Wildman–Crippen LogP) is 3.53. The molecule has 0 radical (unpaired) electrons. The Kier molecular flexibility index (Phi) is 8.25. The Morgan fingerprint density at radius 2 is 1.71 bits per heavy atom. The standard InChI is InChI=1S/C28H27N7O5S/c1-18-14-15-20(16-25(18)41(38,39)33-22-12-8-9-13-24(22)40-4)31-32-23(17-29)27(36)30-26-19(2)34(3)35(28(26)37)21-10-6-5-7-11-21/h5-16,31,33H,1-4H3,(H,30,36)/b32-23+.